The van der Waals surface area contributed by atoms with E-state index in [1.54, 1.807) is 36.4 Å². The van der Waals surface area contributed by atoms with Crippen LogP contribution < -0.4 is 10.6 Å². The molecule has 0 aliphatic heterocycles. The van der Waals surface area contributed by atoms with Crippen LogP contribution in [0.4, 0.5) is 17.1 Å². The summed E-state index contributed by atoms with van der Waals surface area (Å²) >= 11 is 5.21. The Labute approximate surface area is 169 Å². The van der Waals surface area contributed by atoms with E-state index in [1.807, 2.05) is 6.07 Å². The third kappa shape index (κ3) is 5.13. The minimum absolute atomic E-state index is 0.0563. The SMILES string of the molecule is O=C(Nc1ccc(NCC2CCCCC2)c([N+](=O)[O-])c1)C(=S)c1ccccc1. The van der Waals surface area contributed by atoms with Crippen LogP contribution in [0.1, 0.15) is 37.7 Å². The number of anilines is 2. The predicted molar refractivity (Wildman–Crippen MR) is 115 cm³/mol. The van der Waals surface area contributed by atoms with Crippen molar-refractivity contribution in [3.05, 3.63) is 64.2 Å². The largest absolute Gasteiger partial charge is 0.379 e. The fraction of sp³-hybridized carbons (Fsp3) is 0.333. The van der Waals surface area contributed by atoms with Gasteiger partial charge in [-0.25, -0.2) is 0 Å². The zero-order valence-electron chi connectivity index (χ0n) is 15.5. The molecule has 1 aliphatic rings. The van der Waals surface area contributed by atoms with Gasteiger partial charge >= 0.3 is 0 Å². The summed E-state index contributed by atoms with van der Waals surface area (Å²) in [5.74, 6) is 0.0920. The van der Waals surface area contributed by atoms with E-state index in [0.29, 0.717) is 22.9 Å². The summed E-state index contributed by atoms with van der Waals surface area (Å²) in [7, 11) is 0. The van der Waals surface area contributed by atoms with Crippen LogP contribution in [0.5, 0.6) is 0 Å². The molecule has 2 aromatic carbocycles. The molecule has 0 atom stereocenters. The fourth-order valence-electron chi connectivity index (χ4n) is 3.46. The number of rotatable bonds is 7. The molecule has 1 saturated carbocycles. The fourth-order valence-corrected chi connectivity index (χ4v) is 3.65. The molecule has 0 heterocycles. The summed E-state index contributed by atoms with van der Waals surface area (Å²) < 4.78 is 0. The molecule has 0 saturated heterocycles. The lowest BCUT2D eigenvalue weighted by atomic mass is 9.89. The second kappa shape index (κ2) is 9.41. The van der Waals surface area contributed by atoms with Crippen LogP contribution in [-0.2, 0) is 4.79 Å². The maximum absolute atomic E-state index is 12.4. The minimum Gasteiger partial charge on any atom is -0.379 e. The predicted octanol–water partition coefficient (Wildman–Crippen LogP) is 4.94. The van der Waals surface area contributed by atoms with E-state index >= 15 is 0 Å². The van der Waals surface area contributed by atoms with Gasteiger partial charge < -0.3 is 10.6 Å². The molecule has 1 aliphatic carbocycles. The summed E-state index contributed by atoms with van der Waals surface area (Å²) in [6, 6.07) is 13.6. The lowest BCUT2D eigenvalue weighted by Gasteiger charge is -2.22. The Morgan fingerprint density at radius 2 is 1.82 bits per heavy atom. The highest BCUT2D eigenvalue weighted by Gasteiger charge is 2.19. The zero-order valence-corrected chi connectivity index (χ0v) is 16.3. The molecule has 1 amide bonds. The van der Waals surface area contributed by atoms with Crippen LogP contribution in [0.15, 0.2) is 48.5 Å². The quantitative estimate of drug-likeness (QED) is 0.299. The van der Waals surface area contributed by atoms with Gasteiger partial charge in [-0.05, 0) is 36.5 Å². The lowest BCUT2D eigenvalue weighted by molar-refractivity contribution is -0.383. The van der Waals surface area contributed by atoms with Gasteiger partial charge in [0.1, 0.15) is 10.6 Å². The molecule has 2 N–H and O–H groups in total. The Morgan fingerprint density at radius 1 is 1.11 bits per heavy atom. The molecule has 28 heavy (non-hydrogen) atoms. The highest BCUT2D eigenvalue weighted by molar-refractivity contribution is 7.82. The molecule has 3 rings (SSSR count). The van der Waals surface area contributed by atoms with Crippen molar-refractivity contribution in [3.63, 3.8) is 0 Å². The van der Waals surface area contributed by atoms with Crippen LogP contribution in [0.25, 0.3) is 0 Å². The molecular formula is C21H23N3O3S. The van der Waals surface area contributed by atoms with E-state index < -0.39 is 10.8 Å². The number of hydrogen-bond donors (Lipinski definition) is 2. The van der Waals surface area contributed by atoms with E-state index in [9.17, 15) is 14.9 Å². The second-order valence-electron chi connectivity index (χ2n) is 7.02. The van der Waals surface area contributed by atoms with E-state index in [2.05, 4.69) is 10.6 Å². The second-order valence-corrected chi connectivity index (χ2v) is 7.43. The van der Waals surface area contributed by atoms with Gasteiger partial charge in [0.15, 0.2) is 0 Å². The molecule has 0 radical (unpaired) electrons. The van der Waals surface area contributed by atoms with Crippen molar-refractivity contribution in [2.75, 3.05) is 17.2 Å². The van der Waals surface area contributed by atoms with Gasteiger partial charge in [-0.3, -0.25) is 14.9 Å². The van der Waals surface area contributed by atoms with Crippen molar-refractivity contribution in [1.29, 1.82) is 0 Å². The minimum atomic E-state index is -0.460. The number of thiocarbonyl (C=S) groups is 1. The normalized spacial score (nSPS) is 14.3. The van der Waals surface area contributed by atoms with Gasteiger partial charge in [0.05, 0.1) is 4.92 Å². The standard InChI is InChI=1S/C21H23N3O3S/c25-21(20(28)16-9-5-2-6-10-16)23-17-11-12-18(19(13-17)24(26)27)22-14-15-7-3-1-4-8-15/h2,5-6,9-13,15,22H,1,3-4,7-8,14H2,(H,23,25). The third-order valence-electron chi connectivity index (χ3n) is 5.00. The average Bonchev–Trinajstić information content (AvgIpc) is 2.73. The number of nitro groups is 1. The number of nitrogens with one attached hydrogen (secondary N) is 2. The van der Waals surface area contributed by atoms with Crippen LogP contribution in [0, 0.1) is 16.0 Å². The number of carbonyl (C=O) groups excluding carboxylic acids is 1. The smallest absolute Gasteiger partial charge is 0.294 e. The Morgan fingerprint density at radius 3 is 2.50 bits per heavy atom. The topological polar surface area (TPSA) is 84.3 Å². The zero-order chi connectivity index (χ0) is 19.9. The van der Waals surface area contributed by atoms with Gasteiger partial charge in [-0.15, -0.1) is 0 Å². The molecule has 0 unspecified atom stereocenters. The van der Waals surface area contributed by atoms with Crippen molar-refractivity contribution in [2.45, 2.75) is 32.1 Å². The van der Waals surface area contributed by atoms with Gasteiger partial charge in [0.2, 0.25) is 0 Å². The van der Waals surface area contributed by atoms with Crippen LogP contribution in [0.3, 0.4) is 0 Å². The molecule has 2 aromatic rings. The van der Waals surface area contributed by atoms with Crippen LogP contribution in [-0.4, -0.2) is 22.2 Å². The first-order valence-corrected chi connectivity index (χ1v) is 9.88. The Hall–Kier alpha value is -2.80. The van der Waals surface area contributed by atoms with E-state index in [0.717, 1.165) is 19.4 Å². The average molecular weight is 398 g/mol. The van der Waals surface area contributed by atoms with Crippen molar-refractivity contribution < 1.29 is 9.72 Å². The monoisotopic (exact) mass is 397 g/mol. The van der Waals surface area contributed by atoms with Gasteiger partial charge in [-0.2, -0.15) is 0 Å². The number of nitrogens with zero attached hydrogens (tertiary/aromatic N) is 1. The Kier molecular flexibility index (Phi) is 6.71. The summed E-state index contributed by atoms with van der Waals surface area (Å²) in [5.41, 5.74) is 1.40. The summed E-state index contributed by atoms with van der Waals surface area (Å²) in [6.07, 6.45) is 6.04. The maximum atomic E-state index is 12.4. The number of nitro benzene ring substituents is 1. The first-order chi connectivity index (χ1) is 13.5. The highest BCUT2D eigenvalue weighted by atomic mass is 32.1. The molecule has 7 heteroatoms. The number of carbonyl (C=O) groups is 1. The molecule has 0 aromatic heterocycles. The first kappa shape index (κ1) is 19.9. The first-order valence-electron chi connectivity index (χ1n) is 9.47. The molecule has 0 spiro atoms. The Bertz CT molecular complexity index is 864. The van der Waals surface area contributed by atoms with Gasteiger partial charge in [-0.1, -0.05) is 61.8 Å². The molecule has 146 valence electrons. The number of hydrogen-bond acceptors (Lipinski definition) is 5. The highest BCUT2D eigenvalue weighted by Crippen LogP contribution is 2.30. The van der Waals surface area contributed by atoms with Crippen molar-refractivity contribution in [3.8, 4) is 0 Å². The van der Waals surface area contributed by atoms with Crippen LogP contribution in [0.2, 0.25) is 0 Å². The van der Waals surface area contributed by atoms with Crippen molar-refractivity contribution >= 4 is 40.1 Å². The lowest BCUT2D eigenvalue weighted by Crippen LogP contribution is -2.22. The van der Waals surface area contributed by atoms with E-state index in [1.165, 1.54) is 25.3 Å². The molecule has 6 nitrogen and oxygen atoms in total. The number of amides is 1. The van der Waals surface area contributed by atoms with Gasteiger partial charge in [0, 0.05) is 18.3 Å². The Balaban J connectivity index is 1.68. The summed E-state index contributed by atoms with van der Waals surface area (Å²) in [6.45, 7) is 0.727. The van der Waals surface area contributed by atoms with Crippen LogP contribution >= 0.6 is 12.2 Å². The maximum Gasteiger partial charge on any atom is 0.294 e. The molecule has 1 fully saturated rings. The van der Waals surface area contributed by atoms with Gasteiger partial charge in [0.25, 0.3) is 11.6 Å². The number of benzene rings is 2. The van der Waals surface area contributed by atoms with E-state index in [4.69, 9.17) is 12.2 Å². The van der Waals surface area contributed by atoms with Crippen molar-refractivity contribution in [1.82, 2.24) is 0 Å². The summed E-state index contributed by atoms with van der Waals surface area (Å²) in [5, 5.41) is 17.4. The third-order valence-corrected chi connectivity index (χ3v) is 5.42. The molecular weight excluding hydrogens is 374 g/mol. The molecule has 0 bridgehead atoms. The van der Waals surface area contributed by atoms with Crippen molar-refractivity contribution in [2.24, 2.45) is 5.92 Å². The summed E-state index contributed by atoms with van der Waals surface area (Å²) in [4.78, 5) is 23.6. The van der Waals surface area contributed by atoms with E-state index in [-0.39, 0.29) is 10.6 Å².